The third-order valence-electron chi connectivity index (χ3n) is 6.25. The van der Waals surface area contributed by atoms with Crippen LogP contribution in [0.5, 0.6) is 0 Å². The highest BCUT2D eigenvalue weighted by Crippen LogP contribution is 2.33. The van der Waals surface area contributed by atoms with Crippen LogP contribution >= 0.6 is 0 Å². The van der Waals surface area contributed by atoms with Crippen molar-refractivity contribution in [2.24, 2.45) is 35.1 Å². The third kappa shape index (κ3) is 4.94. The maximum absolute atomic E-state index is 5.88. The second-order valence-electron chi connectivity index (χ2n) is 7.80. The van der Waals surface area contributed by atoms with Crippen molar-refractivity contribution in [2.75, 3.05) is 13.1 Å². The molecule has 2 fully saturated rings. The lowest BCUT2D eigenvalue weighted by molar-refractivity contribution is 0.176. The highest BCUT2D eigenvalue weighted by molar-refractivity contribution is 4.86. The Hall–Kier alpha value is -0.120. The van der Waals surface area contributed by atoms with Gasteiger partial charge in [-0.25, -0.2) is 0 Å². The second kappa shape index (κ2) is 8.50. The van der Waals surface area contributed by atoms with E-state index in [0.717, 1.165) is 36.8 Å². The predicted octanol–water partition coefficient (Wildman–Crippen LogP) is 2.88. The van der Waals surface area contributed by atoms with E-state index < -0.39 is 0 Å². The molecular formula is C18H37N3. The van der Waals surface area contributed by atoms with Crippen LogP contribution in [0, 0.1) is 23.7 Å². The van der Waals surface area contributed by atoms with Crippen LogP contribution in [0.15, 0.2) is 0 Å². The number of hydrogen-bond acceptors (Lipinski definition) is 3. The largest absolute Gasteiger partial charge is 0.330 e. The summed E-state index contributed by atoms with van der Waals surface area (Å²) in [5.41, 5.74) is 11.8. The zero-order chi connectivity index (χ0) is 15.2. The highest BCUT2D eigenvalue weighted by Gasteiger charge is 2.29. The van der Waals surface area contributed by atoms with E-state index in [1.54, 1.807) is 0 Å². The lowest BCUT2D eigenvalue weighted by Crippen LogP contribution is -2.46. The van der Waals surface area contributed by atoms with Crippen molar-refractivity contribution >= 4 is 0 Å². The van der Waals surface area contributed by atoms with E-state index in [4.69, 9.17) is 11.5 Å². The molecule has 0 bridgehead atoms. The average molecular weight is 296 g/mol. The van der Waals surface area contributed by atoms with Gasteiger partial charge < -0.3 is 16.8 Å². The summed E-state index contributed by atoms with van der Waals surface area (Å²) in [5, 5.41) is 3.93. The average Bonchev–Trinajstić information content (AvgIpc) is 2.54. The topological polar surface area (TPSA) is 64.1 Å². The van der Waals surface area contributed by atoms with Gasteiger partial charge in [0.05, 0.1) is 0 Å². The molecule has 0 aromatic carbocycles. The van der Waals surface area contributed by atoms with Crippen molar-refractivity contribution in [3.05, 3.63) is 0 Å². The summed E-state index contributed by atoms with van der Waals surface area (Å²) in [7, 11) is 0. The molecule has 6 atom stereocenters. The van der Waals surface area contributed by atoms with Gasteiger partial charge in [0.25, 0.3) is 0 Å². The van der Waals surface area contributed by atoms with E-state index in [1.807, 2.05) is 0 Å². The fraction of sp³-hybridized carbons (Fsp3) is 1.00. The molecule has 0 radical (unpaired) electrons. The van der Waals surface area contributed by atoms with Crippen LogP contribution in [0.2, 0.25) is 0 Å². The van der Waals surface area contributed by atoms with Crippen LogP contribution in [-0.4, -0.2) is 25.2 Å². The molecule has 0 amide bonds. The Morgan fingerprint density at radius 3 is 1.62 bits per heavy atom. The molecule has 2 rings (SSSR count). The van der Waals surface area contributed by atoms with Crippen molar-refractivity contribution in [3.63, 3.8) is 0 Å². The number of nitrogens with two attached hydrogens (primary N) is 2. The summed E-state index contributed by atoms with van der Waals surface area (Å²) in [6.45, 7) is 6.53. The maximum atomic E-state index is 5.88. The molecular weight excluding hydrogens is 258 g/mol. The first-order chi connectivity index (χ1) is 10.1. The molecule has 6 unspecified atom stereocenters. The Labute approximate surface area is 131 Å². The number of hydrogen-bond donors (Lipinski definition) is 3. The smallest absolute Gasteiger partial charge is 0.00696 e. The molecule has 21 heavy (non-hydrogen) atoms. The van der Waals surface area contributed by atoms with Gasteiger partial charge in [-0.15, -0.1) is 0 Å². The molecule has 3 nitrogen and oxygen atoms in total. The second-order valence-corrected chi connectivity index (χ2v) is 7.80. The normalized spacial score (nSPS) is 37.1. The monoisotopic (exact) mass is 295 g/mol. The van der Waals surface area contributed by atoms with Gasteiger partial charge in [-0.1, -0.05) is 12.8 Å². The van der Waals surface area contributed by atoms with Gasteiger partial charge in [0, 0.05) is 12.1 Å². The van der Waals surface area contributed by atoms with Gasteiger partial charge in [-0.2, -0.15) is 0 Å². The summed E-state index contributed by atoms with van der Waals surface area (Å²) in [5.74, 6) is 3.17. The van der Waals surface area contributed by atoms with Crippen LogP contribution in [0.3, 0.4) is 0 Å². The summed E-state index contributed by atoms with van der Waals surface area (Å²) in [4.78, 5) is 0. The Bertz CT molecular complexity index is 266. The van der Waals surface area contributed by atoms with Gasteiger partial charge in [0.1, 0.15) is 0 Å². The van der Waals surface area contributed by atoms with E-state index in [9.17, 15) is 0 Å². The molecule has 0 spiro atoms. The van der Waals surface area contributed by atoms with E-state index in [1.165, 1.54) is 51.4 Å². The SMILES string of the molecule is CC(NC(C)C1CCCC(CN)C1)C1CCCC(CN)C1. The fourth-order valence-electron chi connectivity index (χ4n) is 4.69. The molecule has 124 valence electrons. The fourth-order valence-corrected chi connectivity index (χ4v) is 4.69. The van der Waals surface area contributed by atoms with Crippen molar-refractivity contribution in [3.8, 4) is 0 Å². The highest BCUT2D eigenvalue weighted by atomic mass is 15.0. The summed E-state index contributed by atoms with van der Waals surface area (Å²) >= 11 is 0. The van der Waals surface area contributed by atoms with Gasteiger partial charge in [-0.05, 0) is 89.1 Å². The molecule has 0 aromatic rings. The lowest BCUT2D eigenvalue weighted by Gasteiger charge is -2.38. The quantitative estimate of drug-likeness (QED) is 0.706. The van der Waals surface area contributed by atoms with Gasteiger partial charge in [0.15, 0.2) is 0 Å². The minimum atomic E-state index is 0.632. The third-order valence-corrected chi connectivity index (χ3v) is 6.25. The molecule has 0 aromatic heterocycles. The Morgan fingerprint density at radius 1 is 0.810 bits per heavy atom. The first kappa shape index (κ1) is 17.2. The first-order valence-corrected chi connectivity index (χ1v) is 9.30. The van der Waals surface area contributed by atoms with Crippen molar-refractivity contribution in [2.45, 2.75) is 77.3 Å². The van der Waals surface area contributed by atoms with Crippen LogP contribution in [-0.2, 0) is 0 Å². The predicted molar refractivity (Wildman–Crippen MR) is 91.1 cm³/mol. The molecule has 5 N–H and O–H groups in total. The van der Waals surface area contributed by atoms with Gasteiger partial charge in [0.2, 0.25) is 0 Å². The lowest BCUT2D eigenvalue weighted by atomic mass is 9.76. The van der Waals surface area contributed by atoms with E-state index in [0.29, 0.717) is 12.1 Å². The molecule has 0 aliphatic heterocycles. The number of nitrogens with one attached hydrogen (secondary N) is 1. The van der Waals surface area contributed by atoms with Gasteiger partial charge >= 0.3 is 0 Å². The minimum Gasteiger partial charge on any atom is -0.330 e. The number of rotatable bonds is 6. The summed E-state index contributed by atoms with van der Waals surface area (Å²) in [6.07, 6.45) is 10.8. The maximum Gasteiger partial charge on any atom is 0.00696 e. The van der Waals surface area contributed by atoms with Crippen molar-refractivity contribution in [1.29, 1.82) is 0 Å². The zero-order valence-electron chi connectivity index (χ0n) is 14.2. The van der Waals surface area contributed by atoms with E-state index in [-0.39, 0.29) is 0 Å². The minimum absolute atomic E-state index is 0.632. The first-order valence-electron chi connectivity index (χ1n) is 9.30. The zero-order valence-corrected chi connectivity index (χ0v) is 14.2. The molecule has 2 aliphatic carbocycles. The summed E-state index contributed by atoms with van der Waals surface area (Å²) in [6, 6.07) is 1.26. The van der Waals surface area contributed by atoms with Crippen LogP contribution in [0.4, 0.5) is 0 Å². The molecule has 2 saturated carbocycles. The Kier molecular flexibility index (Phi) is 6.97. The molecule has 0 heterocycles. The van der Waals surface area contributed by atoms with Gasteiger partial charge in [-0.3, -0.25) is 0 Å². The van der Waals surface area contributed by atoms with E-state index >= 15 is 0 Å². The molecule has 0 saturated heterocycles. The Morgan fingerprint density at radius 2 is 1.24 bits per heavy atom. The van der Waals surface area contributed by atoms with Crippen LogP contribution < -0.4 is 16.8 Å². The molecule has 2 aliphatic rings. The van der Waals surface area contributed by atoms with Crippen LogP contribution in [0.1, 0.15) is 65.2 Å². The molecule has 3 heteroatoms. The van der Waals surface area contributed by atoms with E-state index in [2.05, 4.69) is 19.2 Å². The summed E-state index contributed by atoms with van der Waals surface area (Å²) < 4.78 is 0. The van der Waals surface area contributed by atoms with Crippen molar-refractivity contribution in [1.82, 2.24) is 5.32 Å². The standard InChI is InChI=1S/C18H37N3/c1-13(17-7-3-5-15(9-17)11-19)21-14(2)18-8-4-6-16(10-18)12-20/h13-18,21H,3-12,19-20H2,1-2H3. The van der Waals surface area contributed by atoms with Crippen molar-refractivity contribution < 1.29 is 0 Å². The Balaban J connectivity index is 1.79. The van der Waals surface area contributed by atoms with Crippen LogP contribution in [0.25, 0.3) is 0 Å².